The average Bonchev–Trinajstić information content (AvgIpc) is 2.66. The molecule has 6 nitrogen and oxygen atoms in total. The summed E-state index contributed by atoms with van der Waals surface area (Å²) in [4.78, 5) is 36.7. The van der Waals surface area contributed by atoms with E-state index in [9.17, 15) is 18.8 Å². The SMILES string of the molecule is COC(=O)[C@H](CC#C[Si](C)(C)C(C)(C)C)NC(=O)[C@H](Cc1ccc(F)cc1)NC(C)=O. The Labute approximate surface area is 185 Å². The number of rotatable bonds is 7. The van der Waals surface area contributed by atoms with E-state index in [0.717, 1.165) is 0 Å². The summed E-state index contributed by atoms with van der Waals surface area (Å²) in [6.07, 6.45) is 0.253. The van der Waals surface area contributed by atoms with Crippen molar-refractivity contribution in [2.75, 3.05) is 7.11 Å². The number of halogens is 1. The zero-order valence-electron chi connectivity index (χ0n) is 19.4. The third-order valence-corrected chi connectivity index (χ3v) is 9.98. The van der Waals surface area contributed by atoms with E-state index in [1.165, 1.54) is 26.2 Å². The molecule has 0 radical (unpaired) electrons. The maximum atomic E-state index is 13.2. The van der Waals surface area contributed by atoms with Crippen LogP contribution >= 0.6 is 0 Å². The molecule has 0 unspecified atom stereocenters. The summed E-state index contributed by atoms with van der Waals surface area (Å²) in [6.45, 7) is 12.0. The van der Waals surface area contributed by atoms with E-state index in [1.54, 1.807) is 12.1 Å². The fourth-order valence-corrected chi connectivity index (χ4v) is 3.40. The summed E-state index contributed by atoms with van der Waals surface area (Å²) in [5.41, 5.74) is 3.98. The molecule has 2 N–H and O–H groups in total. The first-order valence-electron chi connectivity index (χ1n) is 10.2. The number of benzene rings is 1. The van der Waals surface area contributed by atoms with Crippen LogP contribution in [-0.4, -0.2) is 45.1 Å². The summed E-state index contributed by atoms with van der Waals surface area (Å²) >= 11 is 0. The van der Waals surface area contributed by atoms with Crippen molar-refractivity contribution in [3.63, 3.8) is 0 Å². The van der Waals surface area contributed by atoms with Crippen molar-refractivity contribution in [2.24, 2.45) is 0 Å². The van der Waals surface area contributed by atoms with E-state index in [-0.39, 0.29) is 17.9 Å². The molecule has 2 atom stereocenters. The number of carbonyl (C=O) groups is 3. The van der Waals surface area contributed by atoms with Crippen molar-refractivity contribution in [3.05, 3.63) is 35.6 Å². The molecule has 0 aromatic heterocycles. The van der Waals surface area contributed by atoms with Gasteiger partial charge in [-0.15, -0.1) is 11.5 Å². The topological polar surface area (TPSA) is 84.5 Å². The highest BCUT2D eigenvalue weighted by atomic mass is 28.3. The van der Waals surface area contributed by atoms with Gasteiger partial charge < -0.3 is 15.4 Å². The van der Waals surface area contributed by atoms with Crippen LogP contribution in [0.25, 0.3) is 0 Å². The number of nitrogens with one attached hydrogen (secondary N) is 2. The highest BCUT2D eigenvalue weighted by Gasteiger charge is 2.34. The molecule has 1 rings (SSSR count). The van der Waals surface area contributed by atoms with Crippen LogP contribution in [0, 0.1) is 17.3 Å². The number of hydrogen-bond donors (Lipinski definition) is 2. The van der Waals surface area contributed by atoms with Crippen molar-refractivity contribution in [3.8, 4) is 11.5 Å². The molecule has 0 saturated carbocycles. The van der Waals surface area contributed by atoms with Crippen LogP contribution in [0.15, 0.2) is 24.3 Å². The highest BCUT2D eigenvalue weighted by Crippen LogP contribution is 2.35. The molecule has 170 valence electrons. The second-order valence-corrected chi connectivity index (χ2v) is 14.0. The Bertz CT molecular complexity index is 851. The van der Waals surface area contributed by atoms with Gasteiger partial charge in [-0.05, 0) is 22.7 Å². The first-order chi connectivity index (χ1) is 14.3. The van der Waals surface area contributed by atoms with E-state index >= 15 is 0 Å². The molecule has 0 aliphatic heterocycles. The lowest BCUT2D eigenvalue weighted by Crippen LogP contribution is -2.52. The lowest BCUT2D eigenvalue weighted by Gasteiger charge is -2.31. The predicted molar refractivity (Wildman–Crippen MR) is 121 cm³/mol. The van der Waals surface area contributed by atoms with E-state index < -0.39 is 43.8 Å². The van der Waals surface area contributed by atoms with Gasteiger partial charge in [0.2, 0.25) is 11.8 Å². The van der Waals surface area contributed by atoms with Crippen LogP contribution in [0.2, 0.25) is 18.1 Å². The largest absolute Gasteiger partial charge is 0.467 e. The second kappa shape index (κ2) is 11.1. The summed E-state index contributed by atoms with van der Waals surface area (Å²) in [5, 5.41) is 5.28. The molecule has 8 heteroatoms. The average molecular weight is 449 g/mol. The lowest BCUT2D eigenvalue weighted by atomic mass is 10.0. The number of esters is 1. The number of amides is 2. The van der Waals surface area contributed by atoms with Crippen LogP contribution in [0.3, 0.4) is 0 Å². The summed E-state index contributed by atoms with van der Waals surface area (Å²) in [6, 6.07) is 3.76. The van der Waals surface area contributed by atoms with Crippen LogP contribution in [0.1, 0.15) is 39.7 Å². The summed E-state index contributed by atoms with van der Waals surface area (Å²) < 4.78 is 18.0. The van der Waals surface area contributed by atoms with Crippen LogP contribution in [0.4, 0.5) is 4.39 Å². The number of ether oxygens (including phenoxy) is 1. The Morgan fingerprint density at radius 2 is 1.68 bits per heavy atom. The minimum atomic E-state index is -1.87. The molecule has 0 spiro atoms. The molecular formula is C23H33FN2O4Si. The zero-order chi connectivity index (χ0) is 23.8. The van der Waals surface area contributed by atoms with Crippen LogP contribution in [-0.2, 0) is 25.5 Å². The monoisotopic (exact) mass is 448 g/mol. The standard InChI is InChI=1S/C23H33FN2O4Si/c1-16(27)25-20(15-17-10-12-18(24)13-11-17)21(28)26-19(22(29)30-5)9-8-14-31(6,7)23(2,3)4/h10-13,19-20H,9,15H2,1-7H3,(H,25,27)(H,26,28)/t19-,20-/m0/s1. The van der Waals surface area contributed by atoms with Gasteiger partial charge in [0, 0.05) is 19.8 Å². The van der Waals surface area contributed by atoms with Gasteiger partial charge in [-0.25, -0.2) is 9.18 Å². The first kappa shape index (κ1) is 26.4. The van der Waals surface area contributed by atoms with Crippen molar-refractivity contribution in [1.82, 2.24) is 10.6 Å². The minimum absolute atomic E-state index is 0.0651. The fourth-order valence-electron chi connectivity index (χ4n) is 2.48. The van der Waals surface area contributed by atoms with Gasteiger partial charge in [0.25, 0.3) is 0 Å². The van der Waals surface area contributed by atoms with Crippen molar-refractivity contribution < 1.29 is 23.5 Å². The van der Waals surface area contributed by atoms with Crippen LogP contribution < -0.4 is 10.6 Å². The Hall–Kier alpha value is -2.66. The number of carbonyl (C=O) groups excluding carboxylic acids is 3. The zero-order valence-corrected chi connectivity index (χ0v) is 20.4. The molecule has 0 aliphatic carbocycles. The minimum Gasteiger partial charge on any atom is -0.467 e. The van der Waals surface area contributed by atoms with Gasteiger partial charge in [0.1, 0.15) is 26.0 Å². The Morgan fingerprint density at radius 1 is 1.10 bits per heavy atom. The molecule has 0 bridgehead atoms. The van der Waals surface area contributed by atoms with Crippen molar-refractivity contribution >= 4 is 25.9 Å². The number of methoxy groups -OCH3 is 1. The van der Waals surface area contributed by atoms with Gasteiger partial charge in [-0.1, -0.05) is 46.0 Å². The molecule has 1 aromatic rings. The van der Waals surface area contributed by atoms with Gasteiger partial charge in [-0.3, -0.25) is 9.59 Å². The maximum absolute atomic E-state index is 13.2. The Morgan fingerprint density at radius 3 is 2.16 bits per heavy atom. The normalized spacial score (nSPS) is 13.3. The number of hydrogen-bond acceptors (Lipinski definition) is 4. The van der Waals surface area contributed by atoms with Crippen molar-refractivity contribution in [2.45, 2.75) is 70.8 Å². The van der Waals surface area contributed by atoms with E-state index in [1.807, 2.05) is 0 Å². The predicted octanol–water partition coefficient (Wildman–Crippen LogP) is 2.97. The van der Waals surface area contributed by atoms with Gasteiger partial charge in [-0.2, -0.15) is 0 Å². The molecule has 2 amide bonds. The molecule has 0 heterocycles. The quantitative estimate of drug-likeness (QED) is 0.382. The van der Waals surface area contributed by atoms with E-state index in [2.05, 4.69) is 56.0 Å². The smallest absolute Gasteiger partial charge is 0.329 e. The second-order valence-electron chi connectivity index (χ2n) is 9.05. The van der Waals surface area contributed by atoms with Gasteiger partial charge in [0.15, 0.2) is 0 Å². The van der Waals surface area contributed by atoms with Crippen molar-refractivity contribution in [1.29, 1.82) is 0 Å². The van der Waals surface area contributed by atoms with Gasteiger partial charge >= 0.3 is 5.97 Å². The van der Waals surface area contributed by atoms with E-state index in [4.69, 9.17) is 4.74 Å². The third kappa shape index (κ3) is 8.54. The maximum Gasteiger partial charge on any atom is 0.329 e. The molecule has 1 aromatic carbocycles. The molecule has 31 heavy (non-hydrogen) atoms. The lowest BCUT2D eigenvalue weighted by molar-refractivity contribution is -0.145. The Kier molecular flexibility index (Phi) is 9.44. The first-order valence-corrected chi connectivity index (χ1v) is 13.2. The molecular weight excluding hydrogens is 415 g/mol. The molecule has 0 fully saturated rings. The molecule has 0 saturated heterocycles. The highest BCUT2D eigenvalue weighted by molar-refractivity contribution is 6.87. The summed E-state index contributed by atoms with van der Waals surface area (Å²) in [7, 11) is -0.627. The fraction of sp³-hybridized carbons (Fsp3) is 0.522. The van der Waals surface area contributed by atoms with Gasteiger partial charge in [0.05, 0.1) is 7.11 Å². The van der Waals surface area contributed by atoms with Crippen LogP contribution in [0.5, 0.6) is 0 Å². The summed E-state index contributed by atoms with van der Waals surface area (Å²) in [5.74, 6) is 1.12. The molecule has 0 aliphatic rings. The Balaban J connectivity index is 2.99. The van der Waals surface area contributed by atoms with E-state index in [0.29, 0.717) is 5.56 Å². The third-order valence-electron chi connectivity index (χ3n) is 5.43.